The van der Waals surface area contributed by atoms with Gasteiger partial charge in [0.2, 0.25) is 0 Å². The number of halogens is 1. The van der Waals surface area contributed by atoms with Gasteiger partial charge in [-0.3, -0.25) is 9.69 Å². The smallest absolute Gasteiger partial charge is 0.335 e. The van der Waals surface area contributed by atoms with Gasteiger partial charge in [-0.25, -0.2) is 9.18 Å². The second-order valence-electron chi connectivity index (χ2n) is 7.36. The Morgan fingerprint density at radius 3 is 2.52 bits per heavy atom. The monoisotopic (exact) mass is 439 g/mol. The summed E-state index contributed by atoms with van der Waals surface area (Å²) >= 11 is 1.33. The van der Waals surface area contributed by atoms with Gasteiger partial charge in [0, 0.05) is 32.7 Å². The SMILES string of the molecule is O=C(O)c1ccc(N2CCN(Cc3cccc(F)c3)CC2)c(NC(=O)c2cccs2)c1. The maximum Gasteiger partial charge on any atom is 0.335 e. The van der Waals surface area contributed by atoms with Gasteiger partial charge in [0.1, 0.15) is 5.82 Å². The van der Waals surface area contributed by atoms with Crippen LogP contribution in [0, 0.1) is 5.82 Å². The van der Waals surface area contributed by atoms with Crippen molar-refractivity contribution in [2.24, 2.45) is 0 Å². The van der Waals surface area contributed by atoms with Crippen molar-refractivity contribution < 1.29 is 19.1 Å². The van der Waals surface area contributed by atoms with Gasteiger partial charge in [-0.1, -0.05) is 18.2 Å². The van der Waals surface area contributed by atoms with Crippen LogP contribution in [-0.2, 0) is 6.54 Å². The van der Waals surface area contributed by atoms with Crippen LogP contribution in [0.2, 0.25) is 0 Å². The molecule has 0 spiro atoms. The van der Waals surface area contributed by atoms with Crippen molar-refractivity contribution in [3.05, 3.63) is 81.8 Å². The van der Waals surface area contributed by atoms with E-state index in [1.165, 1.54) is 23.5 Å². The number of benzene rings is 2. The Morgan fingerprint density at radius 1 is 1.03 bits per heavy atom. The molecule has 0 radical (unpaired) electrons. The Bertz CT molecular complexity index is 1080. The first-order chi connectivity index (χ1) is 15.0. The standard InChI is InChI=1S/C23H22FN3O3S/c24-18-4-1-3-16(13-18)15-26-8-10-27(11-9-26)20-7-6-17(23(29)30)14-19(20)25-22(28)21-5-2-12-31-21/h1-7,12-14H,8-11,15H2,(H,25,28)(H,29,30). The largest absolute Gasteiger partial charge is 0.478 e. The van der Waals surface area contributed by atoms with Crippen LogP contribution in [0.5, 0.6) is 0 Å². The van der Waals surface area contributed by atoms with Gasteiger partial charge in [-0.05, 0) is 47.3 Å². The number of aromatic carboxylic acids is 1. The number of hydrogen-bond donors (Lipinski definition) is 2. The van der Waals surface area contributed by atoms with Crippen LogP contribution in [0.3, 0.4) is 0 Å². The number of carbonyl (C=O) groups excluding carboxylic acids is 1. The molecule has 1 amide bonds. The first-order valence-electron chi connectivity index (χ1n) is 9.93. The van der Waals surface area contributed by atoms with E-state index in [0.29, 0.717) is 30.2 Å². The summed E-state index contributed by atoms with van der Waals surface area (Å²) < 4.78 is 13.4. The lowest BCUT2D eigenvalue weighted by Crippen LogP contribution is -2.46. The molecule has 0 unspecified atom stereocenters. The zero-order chi connectivity index (χ0) is 21.8. The highest BCUT2D eigenvalue weighted by molar-refractivity contribution is 7.12. The summed E-state index contributed by atoms with van der Waals surface area (Å²) in [5.41, 5.74) is 2.33. The van der Waals surface area contributed by atoms with E-state index in [4.69, 9.17) is 0 Å². The van der Waals surface area contributed by atoms with Crippen LogP contribution < -0.4 is 10.2 Å². The number of rotatable bonds is 6. The zero-order valence-corrected chi connectivity index (χ0v) is 17.6. The van der Waals surface area contributed by atoms with Crippen LogP contribution in [0.15, 0.2) is 60.0 Å². The molecule has 0 atom stereocenters. The maximum absolute atomic E-state index is 13.4. The molecule has 1 aromatic heterocycles. The minimum atomic E-state index is -1.04. The molecular weight excluding hydrogens is 417 g/mol. The summed E-state index contributed by atoms with van der Waals surface area (Å²) in [5.74, 6) is -1.54. The first kappa shape index (κ1) is 21.0. The number of nitrogens with one attached hydrogen (secondary N) is 1. The third-order valence-corrected chi connectivity index (χ3v) is 6.11. The van der Waals surface area contributed by atoms with Gasteiger partial charge in [0.25, 0.3) is 5.91 Å². The molecule has 2 heterocycles. The summed E-state index contributed by atoms with van der Waals surface area (Å²) in [4.78, 5) is 29.0. The van der Waals surface area contributed by atoms with Crippen molar-refractivity contribution in [2.75, 3.05) is 36.4 Å². The van der Waals surface area contributed by atoms with Crippen molar-refractivity contribution in [1.29, 1.82) is 0 Å². The van der Waals surface area contributed by atoms with Crippen molar-refractivity contribution in [3.63, 3.8) is 0 Å². The van der Waals surface area contributed by atoms with Crippen molar-refractivity contribution in [1.82, 2.24) is 4.90 Å². The van der Waals surface area contributed by atoms with Gasteiger partial charge >= 0.3 is 5.97 Å². The molecule has 1 aliphatic rings. The molecule has 2 aromatic carbocycles. The van der Waals surface area contributed by atoms with E-state index in [2.05, 4.69) is 15.1 Å². The highest BCUT2D eigenvalue weighted by Crippen LogP contribution is 2.29. The Morgan fingerprint density at radius 2 is 1.84 bits per heavy atom. The number of amides is 1. The Labute approximate surface area is 183 Å². The molecule has 8 heteroatoms. The van der Waals surface area contributed by atoms with Gasteiger partial charge in [-0.2, -0.15) is 0 Å². The molecule has 2 N–H and O–H groups in total. The number of carboxylic acids is 1. The van der Waals surface area contributed by atoms with Crippen molar-refractivity contribution >= 4 is 34.6 Å². The molecule has 160 valence electrons. The van der Waals surface area contributed by atoms with E-state index in [1.54, 1.807) is 36.4 Å². The summed E-state index contributed by atoms with van der Waals surface area (Å²) in [6.45, 7) is 3.64. The predicted octanol–water partition coefficient (Wildman–Crippen LogP) is 4.16. The highest BCUT2D eigenvalue weighted by atomic mass is 32.1. The fourth-order valence-corrected chi connectivity index (χ4v) is 4.30. The summed E-state index contributed by atoms with van der Waals surface area (Å²) in [7, 11) is 0. The van der Waals surface area contributed by atoms with E-state index >= 15 is 0 Å². The van der Waals surface area contributed by atoms with Crippen LogP contribution >= 0.6 is 11.3 Å². The average molecular weight is 440 g/mol. The van der Waals surface area contributed by atoms with E-state index in [-0.39, 0.29) is 17.3 Å². The summed E-state index contributed by atoms with van der Waals surface area (Å²) in [6.07, 6.45) is 0. The third kappa shape index (κ3) is 5.10. The van der Waals surface area contributed by atoms with E-state index in [0.717, 1.165) is 24.3 Å². The number of hydrogen-bond acceptors (Lipinski definition) is 5. The first-order valence-corrected chi connectivity index (χ1v) is 10.8. The number of anilines is 2. The minimum Gasteiger partial charge on any atom is -0.478 e. The highest BCUT2D eigenvalue weighted by Gasteiger charge is 2.22. The van der Waals surface area contributed by atoms with E-state index in [1.807, 2.05) is 11.4 Å². The molecule has 3 aromatic rings. The second kappa shape index (κ2) is 9.28. The fraction of sp³-hybridized carbons (Fsp3) is 0.217. The normalized spacial score (nSPS) is 14.4. The fourth-order valence-electron chi connectivity index (χ4n) is 3.68. The molecule has 1 saturated heterocycles. The Kier molecular flexibility index (Phi) is 6.29. The second-order valence-corrected chi connectivity index (χ2v) is 8.31. The Balaban J connectivity index is 1.48. The average Bonchev–Trinajstić information content (AvgIpc) is 3.29. The summed E-state index contributed by atoms with van der Waals surface area (Å²) in [6, 6.07) is 14.9. The lowest BCUT2D eigenvalue weighted by atomic mass is 10.1. The van der Waals surface area contributed by atoms with Crippen LogP contribution in [-0.4, -0.2) is 48.1 Å². The molecule has 0 bridgehead atoms. The van der Waals surface area contributed by atoms with Crippen LogP contribution in [0.25, 0.3) is 0 Å². The maximum atomic E-state index is 13.4. The predicted molar refractivity (Wildman–Crippen MR) is 120 cm³/mol. The molecule has 1 fully saturated rings. The van der Waals surface area contributed by atoms with Crippen LogP contribution in [0.4, 0.5) is 15.8 Å². The van der Waals surface area contributed by atoms with Crippen LogP contribution in [0.1, 0.15) is 25.6 Å². The van der Waals surface area contributed by atoms with E-state index < -0.39 is 5.97 Å². The van der Waals surface area contributed by atoms with E-state index in [9.17, 15) is 19.1 Å². The number of carboxylic acid groups (broad SMARTS) is 1. The molecule has 0 aliphatic carbocycles. The topological polar surface area (TPSA) is 72.9 Å². The summed E-state index contributed by atoms with van der Waals surface area (Å²) in [5, 5.41) is 14.1. The molecule has 4 rings (SSSR count). The third-order valence-electron chi connectivity index (χ3n) is 5.24. The molecule has 0 saturated carbocycles. The number of piperazine rings is 1. The molecular formula is C23H22FN3O3S. The molecule has 1 aliphatic heterocycles. The van der Waals surface area contributed by atoms with Crippen molar-refractivity contribution in [2.45, 2.75) is 6.54 Å². The Hall–Kier alpha value is -3.23. The molecule has 6 nitrogen and oxygen atoms in total. The lowest BCUT2D eigenvalue weighted by molar-refractivity contribution is 0.0696. The number of carbonyl (C=O) groups is 2. The van der Waals surface area contributed by atoms with Gasteiger partial charge in [-0.15, -0.1) is 11.3 Å². The van der Waals surface area contributed by atoms with Gasteiger partial charge in [0.15, 0.2) is 0 Å². The quantitative estimate of drug-likeness (QED) is 0.603. The van der Waals surface area contributed by atoms with Gasteiger partial charge < -0.3 is 15.3 Å². The van der Waals surface area contributed by atoms with Gasteiger partial charge in [0.05, 0.1) is 21.8 Å². The minimum absolute atomic E-state index is 0.120. The lowest BCUT2D eigenvalue weighted by Gasteiger charge is -2.37. The molecule has 31 heavy (non-hydrogen) atoms. The van der Waals surface area contributed by atoms with Crippen molar-refractivity contribution in [3.8, 4) is 0 Å². The number of nitrogens with zero attached hydrogens (tertiary/aromatic N) is 2. The zero-order valence-electron chi connectivity index (χ0n) is 16.8. The number of thiophene rings is 1.